The van der Waals surface area contributed by atoms with Crippen LogP contribution in [0.25, 0.3) is 0 Å². The fraction of sp³-hybridized carbons (Fsp3) is 0.488. The molecule has 2 saturated carbocycles. The highest BCUT2D eigenvalue weighted by Crippen LogP contribution is 2.46. The van der Waals surface area contributed by atoms with E-state index in [1.54, 1.807) is 44.2 Å². The molecule has 18 nitrogen and oxygen atoms in total. The van der Waals surface area contributed by atoms with Gasteiger partial charge in [-0.25, -0.2) is 27.6 Å². The maximum atomic E-state index is 14.6. The standard InChI is InChI=1S/C41H50N6O12S/c1-3-57-36(50)28-15-10-12-17-30(28)42-39(53)43-32-19-9-7-5-6-8-14-25-23-41(25,38(52)46-60(55,56)27-20-21-27)45-34(48)33-22-26(24-47(33)35(32)49)59-40(54)44-31-18-13-11-16-29(31)37(51)58-4-2/h8,10-18,25-27,32-33H,3-7,9,19-24H2,1-2H3,(H,44,54)(H,45,48)(H,46,52)(H2,42,43,53)/t25-,26-,32+,33+,41-/m1/s1. The van der Waals surface area contributed by atoms with Gasteiger partial charge >= 0.3 is 24.1 Å². The molecule has 6 amide bonds. The van der Waals surface area contributed by atoms with Gasteiger partial charge in [-0.2, -0.15) is 0 Å². The Morgan fingerprint density at radius 3 is 2.12 bits per heavy atom. The normalized spacial score (nSPS) is 24.2. The molecule has 2 heterocycles. The van der Waals surface area contributed by atoms with Gasteiger partial charge in [-0.05, 0) is 76.6 Å². The number of benzene rings is 2. The second-order valence-corrected chi connectivity index (χ2v) is 17.1. The molecule has 2 aliphatic carbocycles. The zero-order valence-electron chi connectivity index (χ0n) is 33.4. The Labute approximate surface area is 347 Å². The van der Waals surface area contributed by atoms with Gasteiger partial charge in [0.2, 0.25) is 21.8 Å². The zero-order chi connectivity index (χ0) is 43.0. The number of rotatable bonds is 11. The molecule has 60 heavy (non-hydrogen) atoms. The second kappa shape index (κ2) is 18.9. The Morgan fingerprint density at radius 2 is 1.48 bits per heavy atom. The van der Waals surface area contributed by atoms with Crippen LogP contribution in [-0.4, -0.2) is 104 Å². The highest BCUT2D eigenvalue weighted by Gasteiger charge is 2.62. The van der Waals surface area contributed by atoms with Crippen molar-refractivity contribution in [3.05, 3.63) is 71.8 Å². The number of hydrogen-bond donors (Lipinski definition) is 5. The lowest BCUT2D eigenvalue weighted by Gasteiger charge is -2.30. The first-order valence-corrected chi connectivity index (χ1v) is 21.7. The summed E-state index contributed by atoms with van der Waals surface area (Å²) in [5.41, 5.74) is -1.22. The number of carbonyl (C=O) groups is 7. The molecule has 0 unspecified atom stereocenters. The van der Waals surface area contributed by atoms with Gasteiger partial charge in [-0.3, -0.25) is 24.4 Å². The van der Waals surface area contributed by atoms with Gasteiger partial charge in [0.05, 0.1) is 47.5 Å². The van der Waals surface area contributed by atoms with Gasteiger partial charge in [0.25, 0.3) is 5.91 Å². The smallest absolute Gasteiger partial charge is 0.411 e. The third-order valence-electron chi connectivity index (χ3n) is 10.8. The van der Waals surface area contributed by atoms with Crippen LogP contribution in [-0.2, 0) is 38.6 Å². The summed E-state index contributed by atoms with van der Waals surface area (Å²) in [4.78, 5) is 95.8. The lowest BCUT2D eigenvalue weighted by molar-refractivity contribution is -0.141. The third-order valence-corrected chi connectivity index (χ3v) is 12.6. The first-order chi connectivity index (χ1) is 28.8. The van der Waals surface area contributed by atoms with Crippen molar-refractivity contribution in [2.75, 3.05) is 30.4 Å². The molecule has 1 saturated heterocycles. The quantitative estimate of drug-likeness (QED) is 0.123. The molecule has 0 bridgehead atoms. The summed E-state index contributed by atoms with van der Waals surface area (Å²) in [5, 5.41) is 9.92. The molecule has 2 aromatic rings. The van der Waals surface area contributed by atoms with Crippen LogP contribution in [0.1, 0.15) is 92.4 Å². The van der Waals surface area contributed by atoms with Crippen LogP contribution >= 0.6 is 0 Å². The number of carbonyl (C=O) groups excluding carboxylic acids is 7. The summed E-state index contributed by atoms with van der Waals surface area (Å²) in [6, 6.07) is 8.98. The van der Waals surface area contributed by atoms with Crippen molar-refractivity contribution in [2.24, 2.45) is 5.92 Å². The Morgan fingerprint density at radius 1 is 0.850 bits per heavy atom. The van der Waals surface area contributed by atoms with E-state index in [1.165, 1.54) is 29.2 Å². The Balaban J connectivity index is 1.26. The molecule has 5 N–H and O–H groups in total. The highest BCUT2D eigenvalue weighted by atomic mass is 32.2. The molecule has 2 aromatic carbocycles. The van der Waals surface area contributed by atoms with Crippen LogP contribution in [0.4, 0.5) is 21.0 Å². The van der Waals surface area contributed by atoms with Crippen molar-refractivity contribution in [3.63, 3.8) is 0 Å². The van der Waals surface area contributed by atoms with E-state index in [-0.39, 0.29) is 61.5 Å². The van der Waals surface area contributed by atoms with Crippen molar-refractivity contribution < 1.29 is 56.2 Å². The van der Waals surface area contributed by atoms with Crippen molar-refractivity contribution in [2.45, 2.75) is 101 Å². The molecule has 2 aliphatic heterocycles. The molecular weight excluding hydrogens is 801 g/mol. The summed E-state index contributed by atoms with van der Waals surface area (Å²) in [7, 11) is -3.97. The number of nitrogens with zero attached hydrogens (tertiary/aromatic N) is 1. The first-order valence-electron chi connectivity index (χ1n) is 20.2. The SMILES string of the molecule is CCOC(=O)c1ccccc1NC(=O)N[C@H]1CCCCCC=C[C@@H]2C[C@@]2(C(=O)NS(=O)(=O)C2CC2)NC(=O)[C@@H]2C[C@@H](OC(=O)Nc3ccccc3C(=O)OCC)CN2C1=O. The predicted octanol–water partition coefficient (Wildman–Crippen LogP) is 3.75. The van der Waals surface area contributed by atoms with Crippen molar-refractivity contribution in [1.82, 2.24) is 20.3 Å². The van der Waals surface area contributed by atoms with E-state index in [0.717, 1.165) is 0 Å². The summed E-state index contributed by atoms with van der Waals surface area (Å²) in [6.07, 6.45) is 4.91. The summed E-state index contributed by atoms with van der Waals surface area (Å²) < 4.78 is 43.8. The Hall–Kier alpha value is -5.98. The monoisotopic (exact) mass is 850 g/mol. The van der Waals surface area contributed by atoms with E-state index in [1.807, 2.05) is 6.08 Å². The van der Waals surface area contributed by atoms with Gasteiger partial charge in [0, 0.05) is 12.3 Å². The third kappa shape index (κ3) is 10.4. The minimum atomic E-state index is -3.97. The van der Waals surface area contributed by atoms with Crippen LogP contribution in [0.2, 0.25) is 0 Å². The molecule has 0 aromatic heterocycles. The number of para-hydroxylation sites is 2. The maximum Gasteiger partial charge on any atom is 0.411 e. The van der Waals surface area contributed by atoms with Gasteiger partial charge in [-0.15, -0.1) is 0 Å². The lowest BCUT2D eigenvalue weighted by Crippen LogP contribution is -2.58. The predicted molar refractivity (Wildman–Crippen MR) is 216 cm³/mol. The largest absolute Gasteiger partial charge is 0.462 e. The van der Waals surface area contributed by atoms with Gasteiger partial charge in [-0.1, -0.05) is 49.3 Å². The minimum Gasteiger partial charge on any atom is -0.462 e. The van der Waals surface area contributed by atoms with E-state index in [4.69, 9.17) is 14.2 Å². The zero-order valence-corrected chi connectivity index (χ0v) is 34.2. The maximum absolute atomic E-state index is 14.6. The summed E-state index contributed by atoms with van der Waals surface area (Å²) >= 11 is 0. The van der Waals surface area contributed by atoms with E-state index in [9.17, 15) is 42.0 Å². The van der Waals surface area contributed by atoms with Crippen LogP contribution in [0, 0.1) is 5.92 Å². The molecule has 322 valence electrons. The molecule has 4 aliphatic rings. The number of anilines is 2. The first kappa shape index (κ1) is 43.6. The number of amides is 6. The number of allylic oxidation sites excluding steroid dienone is 1. The van der Waals surface area contributed by atoms with E-state index >= 15 is 0 Å². The van der Waals surface area contributed by atoms with Crippen LogP contribution in [0.15, 0.2) is 60.7 Å². The molecule has 3 fully saturated rings. The van der Waals surface area contributed by atoms with E-state index in [0.29, 0.717) is 38.5 Å². The van der Waals surface area contributed by atoms with Crippen LogP contribution in [0.5, 0.6) is 0 Å². The van der Waals surface area contributed by atoms with Gasteiger partial charge in [0.15, 0.2) is 0 Å². The number of ether oxygens (including phenoxy) is 3. The highest BCUT2D eigenvalue weighted by molar-refractivity contribution is 7.91. The fourth-order valence-corrected chi connectivity index (χ4v) is 8.78. The number of nitrogens with one attached hydrogen (secondary N) is 5. The topological polar surface area (TPSA) is 245 Å². The minimum absolute atomic E-state index is 0.0716. The van der Waals surface area contributed by atoms with Gasteiger partial charge < -0.3 is 35.1 Å². The molecule has 19 heteroatoms. The van der Waals surface area contributed by atoms with Crippen molar-refractivity contribution >= 4 is 63.2 Å². The molecule has 5 atom stereocenters. The second-order valence-electron chi connectivity index (χ2n) is 15.1. The number of fused-ring (bicyclic) bond motifs is 2. The number of sulfonamides is 1. The lowest BCUT2D eigenvalue weighted by atomic mass is 10.0. The van der Waals surface area contributed by atoms with Crippen molar-refractivity contribution in [3.8, 4) is 0 Å². The summed E-state index contributed by atoms with van der Waals surface area (Å²) in [6.45, 7) is 3.19. The molecule has 0 radical (unpaired) electrons. The molecule has 6 rings (SSSR count). The number of esters is 2. The van der Waals surface area contributed by atoms with E-state index < -0.39 is 86.7 Å². The average molecular weight is 851 g/mol. The van der Waals surface area contributed by atoms with Crippen LogP contribution < -0.4 is 26.0 Å². The average Bonchev–Trinajstić information content (AvgIpc) is 4.14. The molecule has 0 spiro atoms. The van der Waals surface area contributed by atoms with Crippen LogP contribution in [0.3, 0.4) is 0 Å². The number of hydrogen-bond acceptors (Lipinski definition) is 12. The fourth-order valence-electron chi connectivity index (χ4n) is 7.41. The summed E-state index contributed by atoms with van der Waals surface area (Å²) in [5.74, 6) is -4.22. The Kier molecular flexibility index (Phi) is 13.8. The molecular formula is C41H50N6O12S. The van der Waals surface area contributed by atoms with E-state index in [2.05, 4.69) is 26.0 Å². The number of urea groups is 1. The Bertz CT molecular complexity index is 2140. The van der Waals surface area contributed by atoms with Crippen molar-refractivity contribution in [1.29, 1.82) is 0 Å². The van der Waals surface area contributed by atoms with Gasteiger partial charge in [0.1, 0.15) is 23.7 Å².